The molecule has 0 atom stereocenters. The summed E-state index contributed by atoms with van der Waals surface area (Å²) in [7, 11) is 1.90. The van der Waals surface area contributed by atoms with Gasteiger partial charge in [-0.25, -0.2) is 9.67 Å². The van der Waals surface area contributed by atoms with Crippen LogP contribution in [-0.4, -0.2) is 66.4 Å². The van der Waals surface area contributed by atoms with Gasteiger partial charge in [0.2, 0.25) is 0 Å². The molecular formula is C23H25N7O. The molecule has 8 heteroatoms. The monoisotopic (exact) mass is 415 g/mol. The van der Waals surface area contributed by atoms with E-state index in [2.05, 4.69) is 39.3 Å². The molecule has 0 N–H and O–H groups in total. The number of imidazole rings is 1. The summed E-state index contributed by atoms with van der Waals surface area (Å²) in [5.74, 6) is 0.486. The molecule has 0 aliphatic carbocycles. The predicted octanol–water partition coefficient (Wildman–Crippen LogP) is 2.42. The van der Waals surface area contributed by atoms with Crippen molar-refractivity contribution in [3.8, 4) is 5.69 Å². The van der Waals surface area contributed by atoms with Crippen LogP contribution in [0.3, 0.4) is 0 Å². The highest BCUT2D eigenvalue weighted by Gasteiger charge is 2.26. The smallest absolute Gasteiger partial charge is 0.289 e. The second-order valence-corrected chi connectivity index (χ2v) is 8.04. The zero-order valence-corrected chi connectivity index (χ0v) is 17.8. The van der Waals surface area contributed by atoms with E-state index in [-0.39, 0.29) is 5.91 Å². The first-order valence-electron chi connectivity index (χ1n) is 10.5. The van der Waals surface area contributed by atoms with Gasteiger partial charge in [0.15, 0.2) is 5.82 Å². The van der Waals surface area contributed by atoms with E-state index in [1.807, 2.05) is 59.1 Å². The molecule has 1 fully saturated rings. The van der Waals surface area contributed by atoms with Crippen molar-refractivity contribution in [2.24, 2.45) is 7.05 Å². The van der Waals surface area contributed by atoms with Crippen molar-refractivity contribution < 1.29 is 4.79 Å². The summed E-state index contributed by atoms with van der Waals surface area (Å²) in [6, 6.07) is 16.0. The highest BCUT2D eigenvalue weighted by atomic mass is 16.2. The Morgan fingerprint density at radius 3 is 2.48 bits per heavy atom. The van der Waals surface area contributed by atoms with Gasteiger partial charge < -0.3 is 9.47 Å². The van der Waals surface area contributed by atoms with Crippen LogP contribution < -0.4 is 0 Å². The third kappa shape index (κ3) is 3.82. The van der Waals surface area contributed by atoms with Crippen LogP contribution in [0.15, 0.2) is 54.7 Å². The standard InChI is InChI=1S/C23H25N7O/c1-17-7-9-19(10-8-17)30-16-18(25-26-30)15-28-11-13-29(14-12-28)23(31)22-24-20-5-3-4-6-21(20)27(22)2/h3-10,16H,11-15H2,1-2H3. The number of hydrogen-bond donors (Lipinski definition) is 0. The summed E-state index contributed by atoms with van der Waals surface area (Å²) in [6.45, 7) is 5.74. The molecule has 1 amide bonds. The number of piperazine rings is 1. The molecule has 0 bridgehead atoms. The van der Waals surface area contributed by atoms with Crippen LogP contribution in [0.5, 0.6) is 0 Å². The lowest BCUT2D eigenvalue weighted by atomic mass is 10.2. The third-order valence-corrected chi connectivity index (χ3v) is 5.86. The molecular weight excluding hydrogens is 390 g/mol. The molecule has 2 aromatic heterocycles. The number of carbonyl (C=O) groups is 1. The summed E-state index contributed by atoms with van der Waals surface area (Å²) in [4.78, 5) is 21.8. The summed E-state index contributed by atoms with van der Waals surface area (Å²) >= 11 is 0. The SMILES string of the molecule is Cc1ccc(-n2cc(CN3CCN(C(=O)c4nc5ccccc5n4C)CC3)nn2)cc1. The first kappa shape index (κ1) is 19.4. The first-order chi connectivity index (χ1) is 15.1. The average Bonchev–Trinajstić information content (AvgIpc) is 3.39. The minimum atomic E-state index is -0.0105. The highest BCUT2D eigenvalue weighted by molar-refractivity contribution is 5.94. The minimum absolute atomic E-state index is 0.0105. The number of amides is 1. The minimum Gasteiger partial charge on any atom is -0.333 e. The predicted molar refractivity (Wildman–Crippen MR) is 118 cm³/mol. The van der Waals surface area contributed by atoms with E-state index in [4.69, 9.17) is 0 Å². The molecule has 1 saturated heterocycles. The molecule has 1 aliphatic heterocycles. The molecule has 1 aliphatic rings. The Hall–Kier alpha value is -3.52. The highest BCUT2D eigenvalue weighted by Crippen LogP contribution is 2.17. The number of nitrogens with zero attached hydrogens (tertiary/aromatic N) is 7. The van der Waals surface area contributed by atoms with Crippen LogP contribution >= 0.6 is 0 Å². The Bertz CT molecular complexity index is 1220. The normalized spacial score (nSPS) is 15.0. The Morgan fingerprint density at radius 2 is 1.74 bits per heavy atom. The molecule has 4 aromatic rings. The van der Waals surface area contributed by atoms with E-state index in [0.29, 0.717) is 18.9 Å². The average molecular weight is 416 g/mol. The van der Waals surface area contributed by atoms with Gasteiger partial charge in [0.1, 0.15) is 0 Å². The number of carbonyl (C=O) groups excluding carboxylic acids is 1. The van der Waals surface area contributed by atoms with Gasteiger partial charge in [-0.3, -0.25) is 9.69 Å². The van der Waals surface area contributed by atoms with E-state index in [1.54, 1.807) is 4.68 Å². The second-order valence-electron chi connectivity index (χ2n) is 8.04. The summed E-state index contributed by atoms with van der Waals surface area (Å²) in [5, 5.41) is 8.58. The molecule has 0 saturated carbocycles. The Kier molecular flexibility index (Phi) is 4.99. The lowest BCUT2D eigenvalue weighted by Gasteiger charge is -2.34. The van der Waals surface area contributed by atoms with Crippen LogP contribution in [-0.2, 0) is 13.6 Å². The molecule has 2 aromatic carbocycles. The van der Waals surface area contributed by atoms with Crippen molar-refractivity contribution >= 4 is 16.9 Å². The molecule has 0 unspecified atom stereocenters. The fourth-order valence-corrected chi connectivity index (χ4v) is 4.01. The van der Waals surface area contributed by atoms with Crippen LogP contribution in [0.25, 0.3) is 16.7 Å². The molecule has 158 valence electrons. The number of para-hydroxylation sites is 2. The first-order valence-corrected chi connectivity index (χ1v) is 10.5. The number of aromatic nitrogens is 5. The van der Waals surface area contributed by atoms with Gasteiger partial charge in [0.25, 0.3) is 5.91 Å². The van der Waals surface area contributed by atoms with Crippen LogP contribution in [0, 0.1) is 6.92 Å². The fraction of sp³-hybridized carbons (Fsp3) is 0.304. The molecule has 31 heavy (non-hydrogen) atoms. The molecule has 0 spiro atoms. The lowest BCUT2D eigenvalue weighted by molar-refractivity contribution is 0.0612. The lowest BCUT2D eigenvalue weighted by Crippen LogP contribution is -2.48. The van der Waals surface area contributed by atoms with Crippen LogP contribution in [0.2, 0.25) is 0 Å². The van der Waals surface area contributed by atoms with Crippen LogP contribution in [0.4, 0.5) is 0 Å². The third-order valence-electron chi connectivity index (χ3n) is 5.86. The molecule has 3 heterocycles. The number of benzene rings is 2. The van der Waals surface area contributed by atoms with Gasteiger partial charge in [-0.15, -0.1) is 5.10 Å². The van der Waals surface area contributed by atoms with E-state index >= 15 is 0 Å². The number of hydrogen-bond acceptors (Lipinski definition) is 5. The quantitative estimate of drug-likeness (QED) is 0.512. The van der Waals surface area contributed by atoms with Crippen molar-refractivity contribution in [3.63, 3.8) is 0 Å². The summed E-state index contributed by atoms with van der Waals surface area (Å²) in [6.07, 6.45) is 1.97. The molecule has 8 nitrogen and oxygen atoms in total. The topological polar surface area (TPSA) is 72.1 Å². The molecule has 0 radical (unpaired) electrons. The maximum atomic E-state index is 13.0. The van der Waals surface area contributed by atoms with E-state index in [0.717, 1.165) is 42.0 Å². The Labute approximate surface area is 180 Å². The zero-order chi connectivity index (χ0) is 21.4. The maximum Gasteiger partial charge on any atom is 0.289 e. The van der Waals surface area contributed by atoms with E-state index in [1.165, 1.54) is 5.56 Å². The van der Waals surface area contributed by atoms with Gasteiger partial charge in [0, 0.05) is 39.8 Å². The number of fused-ring (bicyclic) bond motifs is 1. The van der Waals surface area contributed by atoms with Crippen molar-refractivity contribution in [1.29, 1.82) is 0 Å². The Balaban J connectivity index is 1.21. The van der Waals surface area contributed by atoms with Gasteiger partial charge >= 0.3 is 0 Å². The zero-order valence-electron chi connectivity index (χ0n) is 17.8. The second kappa shape index (κ2) is 7.96. The fourth-order valence-electron chi connectivity index (χ4n) is 4.01. The van der Waals surface area contributed by atoms with Crippen molar-refractivity contribution in [3.05, 3.63) is 71.8 Å². The van der Waals surface area contributed by atoms with Crippen molar-refractivity contribution in [1.82, 2.24) is 34.3 Å². The van der Waals surface area contributed by atoms with Gasteiger partial charge in [0.05, 0.1) is 28.6 Å². The van der Waals surface area contributed by atoms with Gasteiger partial charge in [-0.05, 0) is 31.2 Å². The summed E-state index contributed by atoms with van der Waals surface area (Å²) in [5.41, 5.74) is 4.97. The van der Waals surface area contributed by atoms with Crippen molar-refractivity contribution in [2.75, 3.05) is 26.2 Å². The van der Waals surface area contributed by atoms with Gasteiger partial charge in [-0.1, -0.05) is 35.0 Å². The summed E-state index contributed by atoms with van der Waals surface area (Å²) < 4.78 is 3.69. The largest absolute Gasteiger partial charge is 0.333 e. The van der Waals surface area contributed by atoms with Crippen LogP contribution in [0.1, 0.15) is 21.9 Å². The van der Waals surface area contributed by atoms with Gasteiger partial charge in [-0.2, -0.15) is 0 Å². The van der Waals surface area contributed by atoms with Crippen molar-refractivity contribution in [2.45, 2.75) is 13.5 Å². The van der Waals surface area contributed by atoms with E-state index in [9.17, 15) is 4.79 Å². The molecule has 5 rings (SSSR count). The number of rotatable bonds is 4. The van der Waals surface area contributed by atoms with E-state index < -0.39 is 0 Å². The maximum absolute atomic E-state index is 13.0. The Morgan fingerprint density at radius 1 is 1.00 bits per heavy atom. The number of aryl methyl sites for hydroxylation is 2.